The van der Waals surface area contributed by atoms with Crippen molar-refractivity contribution in [3.63, 3.8) is 0 Å². The summed E-state index contributed by atoms with van der Waals surface area (Å²) in [5, 5.41) is 9.63. The van der Waals surface area contributed by atoms with Gasteiger partial charge in [-0.3, -0.25) is 4.90 Å². The van der Waals surface area contributed by atoms with E-state index in [4.69, 9.17) is 16.7 Å². The van der Waals surface area contributed by atoms with Gasteiger partial charge in [0.25, 0.3) is 0 Å². The second-order valence-electron chi connectivity index (χ2n) is 4.62. The molecule has 20 heavy (non-hydrogen) atoms. The van der Waals surface area contributed by atoms with E-state index in [1.165, 1.54) is 6.07 Å². The average molecular weight is 291 g/mol. The first-order valence-corrected chi connectivity index (χ1v) is 6.54. The summed E-state index contributed by atoms with van der Waals surface area (Å²) in [5.74, 6) is -1.01. The number of carboxylic acid groups (broad SMARTS) is 1. The number of halogens is 1. The molecule has 2 aromatic rings. The number of hydrogen-bond acceptors (Lipinski definition) is 3. The van der Waals surface area contributed by atoms with Crippen molar-refractivity contribution >= 4 is 17.6 Å². The number of carboxylic acids is 1. The van der Waals surface area contributed by atoms with Crippen LogP contribution in [-0.2, 0) is 13.1 Å². The first kappa shape index (κ1) is 14.5. The molecule has 2 rings (SSSR count). The zero-order chi connectivity index (χ0) is 14.5. The molecule has 1 aromatic carbocycles. The van der Waals surface area contributed by atoms with Crippen LogP contribution in [-0.4, -0.2) is 28.0 Å². The van der Waals surface area contributed by atoms with Crippen molar-refractivity contribution < 1.29 is 9.90 Å². The van der Waals surface area contributed by atoms with E-state index >= 15 is 0 Å². The molecular formula is C15H15ClN2O2. The van der Waals surface area contributed by atoms with E-state index in [1.807, 2.05) is 37.4 Å². The Kier molecular flexibility index (Phi) is 4.71. The summed E-state index contributed by atoms with van der Waals surface area (Å²) in [5.41, 5.74) is 1.95. The van der Waals surface area contributed by atoms with E-state index in [1.54, 1.807) is 6.07 Å². The summed E-state index contributed by atoms with van der Waals surface area (Å²) in [6, 6.07) is 12.7. The Labute approximate surface area is 122 Å². The van der Waals surface area contributed by atoms with E-state index in [2.05, 4.69) is 9.88 Å². The Morgan fingerprint density at radius 1 is 1.20 bits per heavy atom. The molecule has 0 spiro atoms. The fourth-order valence-corrected chi connectivity index (χ4v) is 2.05. The van der Waals surface area contributed by atoms with Crippen molar-refractivity contribution in [2.75, 3.05) is 7.05 Å². The molecule has 0 saturated heterocycles. The van der Waals surface area contributed by atoms with Crippen molar-refractivity contribution in [2.24, 2.45) is 0 Å². The summed E-state index contributed by atoms with van der Waals surface area (Å²) in [4.78, 5) is 17.0. The molecule has 0 bridgehead atoms. The molecule has 0 amide bonds. The van der Waals surface area contributed by atoms with Crippen molar-refractivity contribution in [2.45, 2.75) is 13.1 Å². The molecule has 1 N–H and O–H groups in total. The van der Waals surface area contributed by atoms with Gasteiger partial charge in [-0.2, -0.15) is 0 Å². The molecule has 4 nitrogen and oxygen atoms in total. The van der Waals surface area contributed by atoms with Crippen molar-refractivity contribution in [1.82, 2.24) is 9.88 Å². The predicted molar refractivity (Wildman–Crippen MR) is 77.8 cm³/mol. The number of benzene rings is 1. The van der Waals surface area contributed by atoms with E-state index in [-0.39, 0.29) is 5.69 Å². The highest BCUT2D eigenvalue weighted by Crippen LogP contribution is 2.12. The lowest BCUT2D eigenvalue weighted by molar-refractivity contribution is 0.0690. The van der Waals surface area contributed by atoms with Crippen LogP contribution in [0.5, 0.6) is 0 Å². The molecule has 0 aliphatic carbocycles. The normalized spacial score (nSPS) is 10.8. The first-order chi connectivity index (χ1) is 9.54. The van der Waals surface area contributed by atoms with Crippen LogP contribution in [0.1, 0.15) is 21.7 Å². The van der Waals surface area contributed by atoms with Gasteiger partial charge in [0.1, 0.15) is 5.69 Å². The molecule has 1 heterocycles. The Bertz CT molecular complexity index is 599. The average Bonchev–Trinajstić information content (AvgIpc) is 2.41. The topological polar surface area (TPSA) is 53.4 Å². The maximum absolute atomic E-state index is 10.9. The number of hydrogen-bond donors (Lipinski definition) is 1. The Balaban J connectivity index is 2.00. The summed E-state index contributed by atoms with van der Waals surface area (Å²) in [7, 11) is 1.96. The number of nitrogens with zero attached hydrogens (tertiary/aromatic N) is 2. The number of carbonyl (C=O) groups is 1. The molecule has 0 saturated carbocycles. The maximum atomic E-state index is 10.9. The van der Waals surface area contributed by atoms with Gasteiger partial charge in [0.15, 0.2) is 0 Å². The molecule has 0 unspecified atom stereocenters. The SMILES string of the molecule is CN(Cc1ccc(Cl)cc1)Cc1cccc(C(=O)O)n1. The maximum Gasteiger partial charge on any atom is 0.354 e. The second-order valence-corrected chi connectivity index (χ2v) is 5.05. The van der Waals surface area contributed by atoms with Crippen LogP contribution in [0.3, 0.4) is 0 Å². The standard InChI is InChI=1S/C15H15ClN2O2/c1-18(9-11-5-7-12(16)8-6-11)10-13-3-2-4-14(17-13)15(19)20/h2-8H,9-10H2,1H3,(H,19,20). The predicted octanol–water partition coefficient (Wildman–Crippen LogP) is 3.07. The van der Waals surface area contributed by atoms with Crippen LogP contribution >= 0.6 is 11.6 Å². The largest absolute Gasteiger partial charge is 0.477 e. The number of rotatable bonds is 5. The van der Waals surface area contributed by atoms with Crippen molar-refractivity contribution in [1.29, 1.82) is 0 Å². The molecule has 5 heteroatoms. The molecular weight excluding hydrogens is 276 g/mol. The minimum absolute atomic E-state index is 0.0717. The van der Waals surface area contributed by atoms with Gasteiger partial charge in [0.05, 0.1) is 5.69 Å². The summed E-state index contributed by atoms with van der Waals surface area (Å²) < 4.78 is 0. The molecule has 0 aliphatic heterocycles. The van der Waals surface area contributed by atoms with Crippen LogP contribution in [0, 0.1) is 0 Å². The zero-order valence-corrected chi connectivity index (χ0v) is 11.8. The Morgan fingerprint density at radius 2 is 1.90 bits per heavy atom. The van der Waals surface area contributed by atoms with Crippen LogP contribution in [0.2, 0.25) is 5.02 Å². The fourth-order valence-electron chi connectivity index (χ4n) is 1.92. The fraction of sp³-hybridized carbons (Fsp3) is 0.200. The highest BCUT2D eigenvalue weighted by atomic mass is 35.5. The lowest BCUT2D eigenvalue weighted by atomic mass is 10.2. The summed E-state index contributed by atoms with van der Waals surface area (Å²) in [6.07, 6.45) is 0. The molecule has 0 atom stereocenters. The second kappa shape index (κ2) is 6.50. The third-order valence-corrected chi connectivity index (χ3v) is 3.08. The minimum atomic E-state index is -1.01. The lowest BCUT2D eigenvalue weighted by Gasteiger charge is -2.16. The van der Waals surface area contributed by atoms with Crippen LogP contribution in [0.4, 0.5) is 0 Å². The number of aromatic carboxylic acids is 1. The summed E-state index contributed by atoms with van der Waals surface area (Å²) >= 11 is 5.85. The van der Waals surface area contributed by atoms with Gasteiger partial charge in [-0.25, -0.2) is 9.78 Å². The van der Waals surface area contributed by atoms with Crippen LogP contribution in [0.15, 0.2) is 42.5 Å². The Hall–Kier alpha value is -1.91. The van der Waals surface area contributed by atoms with Gasteiger partial charge < -0.3 is 5.11 Å². The van der Waals surface area contributed by atoms with Gasteiger partial charge in [-0.15, -0.1) is 0 Å². The van der Waals surface area contributed by atoms with Crippen LogP contribution in [0.25, 0.3) is 0 Å². The minimum Gasteiger partial charge on any atom is -0.477 e. The molecule has 0 aliphatic rings. The Morgan fingerprint density at radius 3 is 2.55 bits per heavy atom. The van der Waals surface area contributed by atoms with Crippen molar-refractivity contribution in [3.05, 3.63) is 64.4 Å². The zero-order valence-electron chi connectivity index (χ0n) is 11.1. The molecule has 0 fully saturated rings. The van der Waals surface area contributed by atoms with Crippen molar-refractivity contribution in [3.8, 4) is 0 Å². The first-order valence-electron chi connectivity index (χ1n) is 6.17. The lowest BCUT2D eigenvalue weighted by Crippen LogP contribution is -2.18. The highest BCUT2D eigenvalue weighted by molar-refractivity contribution is 6.30. The number of aromatic nitrogens is 1. The van der Waals surface area contributed by atoms with Gasteiger partial charge >= 0.3 is 5.97 Å². The van der Waals surface area contributed by atoms with Gasteiger partial charge in [-0.05, 0) is 36.9 Å². The van der Waals surface area contributed by atoms with E-state index in [0.717, 1.165) is 17.8 Å². The van der Waals surface area contributed by atoms with Crippen LogP contribution < -0.4 is 0 Å². The smallest absolute Gasteiger partial charge is 0.354 e. The molecule has 1 aromatic heterocycles. The molecule has 0 radical (unpaired) electrons. The molecule has 104 valence electrons. The van der Waals surface area contributed by atoms with E-state index < -0.39 is 5.97 Å². The number of pyridine rings is 1. The monoisotopic (exact) mass is 290 g/mol. The van der Waals surface area contributed by atoms with E-state index in [0.29, 0.717) is 11.6 Å². The summed E-state index contributed by atoms with van der Waals surface area (Å²) in [6.45, 7) is 1.33. The third-order valence-electron chi connectivity index (χ3n) is 2.82. The van der Waals surface area contributed by atoms with Gasteiger partial charge in [0, 0.05) is 18.1 Å². The quantitative estimate of drug-likeness (QED) is 0.919. The van der Waals surface area contributed by atoms with Gasteiger partial charge in [0.2, 0.25) is 0 Å². The third kappa shape index (κ3) is 4.05. The highest BCUT2D eigenvalue weighted by Gasteiger charge is 2.07. The van der Waals surface area contributed by atoms with Gasteiger partial charge in [-0.1, -0.05) is 29.8 Å². The van der Waals surface area contributed by atoms with E-state index in [9.17, 15) is 4.79 Å².